The Labute approximate surface area is 74.0 Å². The number of aliphatic imine (C=N–C) groups is 1. The van der Waals surface area contributed by atoms with E-state index in [1.165, 1.54) is 5.04 Å². The average molecular weight is 171 g/mol. The lowest BCUT2D eigenvalue weighted by Crippen LogP contribution is -1.85. The third-order valence-corrected chi connectivity index (χ3v) is 2.01. The summed E-state index contributed by atoms with van der Waals surface area (Å²) < 4.78 is 0. The normalized spacial score (nSPS) is 12.8. The summed E-state index contributed by atoms with van der Waals surface area (Å²) >= 11 is 1.81. The number of nitrogens with zero attached hydrogens (tertiary/aromatic N) is 1. The fraction of sp³-hybridized carbons (Fsp3) is 0.667. The first kappa shape index (κ1) is 10.8. The molecule has 0 aromatic rings. The van der Waals surface area contributed by atoms with Gasteiger partial charge >= 0.3 is 0 Å². The molecule has 1 nitrogen and oxygen atoms in total. The Bertz CT molecular complexity index is 138. The molecule has 11 heavy (non-hydrogen) atoms. The first-order valence-corrected chi connectivity index (χ1v) is 5.08. The first-order chi connectivity index (χ1) is 5.31. The van der Waals surface area contributed by atoms with Crippen LogP contribution >= 0.6 is 11.8 Å². The molecule has 0 spiro atoms. The third kappa shape index (κ3) is 7.66. The summed E-state index contributed by atoms with van der Waals surface area (Å²) in [6.07, 6.45) is 5.36. The van der Waals surface area contributed by atoms with Gasteiger partial charge in [0.15, 0.2) is 0 Å². The molecule has 0 heterocycles. The zero-order valence-electron chi connectivity index (χ0n) is 7.63. The van der Waals surface area contributed by atoms with E-state index < -0.39 is 0 Å². The molecule has 2 heteroatoms. The van der Waals surface area contributed by atoms with Gasteiger partial charge in [0.2, 0.25) is 0 Å². The van der Waals surface area contributed by atoms with Crippen molar-refractivity contribution in [2.75, 3.05) is 12.3 Å². The van der Waals surface area contributed by atoms with Crippen molar-refractivity contribution in [3.63, 3.8) is 0 Å². The molecule has 0 bridgehead atoms. The van der Waals surface area contributed by atoms with Gasteiger partial charge < -0.3 is 0 Å². The topological polar surface area (TPSA) is 12.4 Å². The van der Waals surface area contributed by atoms with Gasteiger partial charge in [-0.25, -0.2) is 0 Å². The minimum absolute atomic E-state index is 0.840. The monoisotopic (exact) mass is 171 g/mol. The average Bonchev–Trinajstić information content (AvgIpc) is 1.99. The molecule has 0 aliphatic heterocycles. The summed E-state index contributed by atoms with van der Waals surface area (Å²) in [6, 6.07) is 0. The Morgan fingerprint density at radius 1 is 1.36 bits per heavy atom. The van der Waals surface area contributed by atoms with Gasteiger partial charge in [0, 0.05) is 0 Å². The molecule has 0 fully saturated rings. The van der Waals surface area contributed by atoms with Crippen LogP contribution in [0.1, 0.15) is 27.2 Å². The second kappa shape index (κ2) is 7.86. The van der Waals surface area contributed by atoms with Gasteiger partial charge in [-0.1, -0.05) is 26.0 Å². The van der Waals surface area contributed by atoms with Gasteiger partial charge in [-0.3, -0.25) is 4.99 Å². The smallest absolute Gasteiger partial charge is 0.0648 e. The van der Waals surface area contributed by atoms with Gasteiger partial charge in [-0.05, 0) is 19.1 Å². The summed E-state index contributed by atoms with van der Waals surface area (Å²) in [4.78, 5) is 4.34. The van der Waals surface area contributed by atoms with Gasteiger partial charge in [0.05, 0.1) is 11.6 Å². The van der Waals surface area contributed by atoms with Gasteiger partial charge in [-0.2, -0.15) is 0 Å². The quantitative estimate of drug-likeness (QED) is 0.359. The highest BCUT2D eigenvalue weighted by atomic mass is 32.2. The van der Waals surface area contributed by atoms with E-state index in [1.807, 2.05) is 0 Å². The van der Waals surface area contributed by atoms with Gasteiger partial charge in [-0.15, -0.1) is 11.8 Å². The van der Waals surface area contributed by atoms with E-state index in [0.717, 1.165) is 18.7 Å². The van der Waals surface area contributed by atoms with Crippen LogP contribution in [0, 0.1) is 0 Å². The number of thioether (sulfide) groups is 1. The molecule has 0 atom stereocenters. The second-order valence-electron chi connectivity index (χ2n) is 2.17. The molecule has 0 saturated carbocycles. The molecule has 0 unspecified atom stereocenters. The van der Waals surface area contributed by atoms with Crippen LogP contribution in [0.4, 0.5) is 0 Å². The Hall–Kier alpha value is -0.240. The highest BCUT2D eigenvalue weighted by Gasteiger charge is 1.85. The van der Waals surface area contributed by atoms with Crippen LogP contribution in [-0.2, 0) is 0 Å². The largest absolute Gasteiger partial charge is 0.279 e. The van der Waals surface area contributed by atoms with E-state index in [-0.39, 0.29) is 0 Å². The van der Waals surface area contributed by atoms with Gasteiger partial charge in [0.1, 0.15) is 0 Å². The summed E-state index contributed by atoms with van der Waals surface area (Å²) in [7, 11) is 0. The predicted molar refractivity (Wildman–Crippen MR) is 55.5 cm³/mol. The van der Waals surface area contributed by atoms with Gasteiger partial charge in [0.25, 0.3) is 0 Å². The molecule has 0 aromatic carbocycles. The van der Waals surface area contributed by atoms with Crippen LogP contribution in [0.2, 0.25) is 0 Å². The molecule has 0 saturated heterocycles. The van der Waals surface area contributed by atoms with Crippen molar-refractivity contribution in [2.24, 2.45) is 4.99 Å². The second-order valence-corrected chi connectivity index (χ2v) is 3.63. The van der Waals surface area contributed by atoms with E-state index in [1.54, 1.807) is 11.8 Å². The van der Waals surface area contributed by atoms with Crippen LogP contribution in [0.25, 0.3) is 0 Å². The maximum atomic E-state index is 4.34. The molecule has 64 valence electrons. The maximum Gasteiger partial charge on any atom is 0.0648 e. The van der Waals surface area contributed by atoms with Crippen molar-refractivity contribution in [1.29, 1.82) is 0 Å². The maximum absolute atomic E-state index is 4.34. The van der Waals surface area contributed by atoms with Crippen LogP contribution < -0.4 is 0 Å². The Balaban J connectivity index is 3.47. The first-order valence-electron chi connectivity index (χ1n) is 4.10. The molecule has 0 radical (unpaired) electrons. The van der Waals surface area contributed by atoms with Crippen LogP contribution in [0.15, 0.2) is 17.1 Å². The van der Waals surface area contributed by atoms with E-state index in [0.29, 0.717) is 0 Å². The van der Waals surface area contributed by atoms with Crippen molar-refractivity contribution in [1.82, 2.24) is 0 Å². The molecule has 0 amide bonds. The number of rotatable bonds is 4. The van der Waals surface area contributed by atoms with Crippen molar-refractivity contribution in [2.45, 2.75) is 27.2 Å². The SMILES string of the molecule is CC/C=C\CN=C(C)SCC. The summed E-state index contributed by atoms with van der Waals surface area (Å²) in [5.41, 5.74) is 0. The molecule has 0 aliphatic rings. The minimum Gasteiger partial charge on any atom is -0.279 e. The lowest BCUT2D eigenvalue weighted by molar-refractivity contribution is 1.17. The van der Waals surface area contributed by atoms with Crippen molar-refractivity contribution in [3.8, 4) is 0 Å². The number of hydrogen-bond acceptors (Lipinski definition) is 2. The number of hydrogen-bond donors (Lipinski definition) is 0. The standard InChI is InChI=1S/C9H17NS/c1-4-6-7-8-10-9(3)11-5-2/h6-7H,4-5,8H2,1-3H3/b7-6-,10-9?. The fourth-order valence-corrected chi connectivity index (χ4v) is 1.26. The zero-order chi connectivity index (χ0) is 8.53. The summed E-state index contributed by atoms with van der Waals surface area (Å²) in [6.45, 7) is 7.18. The molecule has 0 aromatic heterocycles. The molecule has 0 N–H and O–H groups in total. The van der Waals surface area contributed by atoms with E-state index in [9.17, 15) is 0 Å². The lowest BCUT2D eigenvalue weighted by atomic mass is 10.4. The van der Waals surface area contributed by atoms with Crippen molar-refractivity contribution in [3.05, 3.63) is 12.2 Å². The lowest BCUT2D eigenvalue weighted by Gasteiger charge is -1.93. The van der Waals surface area contributed by atoms with Crippen LogP contribution in [0.3, 0.4) is 0 Å². The van der Waals surface area contributed by atoms with E-state index >= 15 is 0 Å². The third-order valence-electron chi connectivity index (χ3n) is 1.17. The van der Waals surface area contributed by atoms with Crippen molar-refractivity contribution >= 4 is 16.8 Å². The van der Waals surface area contributed by atoms with E-state index in [4.69, 9.17) is 0 Å². The summed E-state index contributed by atoms with van der Waals surface area (Å²) in [5.74, 6) is 1.12. The molecular weight excluding hydrogens is 154 g/mol. The number of allylic oxidation sites excluding steroid dienone is 1. The van der Waals surface area contributed by atoms with Crippen molar-refractivity contribution < 1.29 is 0 Å². The van der Waals surface area contributed by atoms with E-state index in [2.05, 4.69) is 37.9 Å². The predicted octanol–water partition coefficient (Wildman–Crippen LogP) is 3.12. The highest BCUT2D eigenvalue weighted by Crippen LogP contribution is 2.01. The zero-order valence-corrected chi connectivity index (χ0v) is 8.45. The Kier molecular flexibility index (Phi) is 7.69. The molecule has 0 rings (SSSR count). The van der Waals surface area contributed by atoms with Crippen LogP contribution in [-0.4, -0.2) is 17.3 Å². The Morgan fingerprint density at radius 3 is 2.64 bits per heavy atom. The fourth-order valence-electron chi connectivity index (χ4n) is 0.677. The highest BCUT2D eigenvalue weighted by molar-refractivity contribution is 8.13. The van der Waals surface area contributed by atoms with Crippen LogP contribution in [0.5, 0.6) is 0 Å². The summed E-state index contributed by atoms with van der Waals surface area (Å²) in [5, 5.41) is 1.19. The minimum atomic E-state index is 0.840. The Morgan fingerprint density at radius 2 is 2.09 bits per heavy atom. The molecular formula is C9H17NS. The molecule has 0 aliphatic carbocycles.